The van der Waals surface area contributed by atoms with Gasteiger partial charge in [0.15, 0.2) is 5.76 Å². The van der Waals surface area contributed by atoms with Crippen molar-refractivity contribution in [1.82, 2.24) is 19.4 Å². The van der Waals surface area contributed by atoms with Gasteiger partial charge in [-0.15, -0.1) is 0 Å². The zero-order valence-corrected chi connectivity index (χ0v) is 25.9. The number of fused-ring (bicyclic) bond motifs is 13. The number of oxazole rings is 1. The largest absolute Gasteiger partial charge is 0.423 e. The number of nitrogens with one attached hydrogen (secondary N) is 1. The maximum absolute atomic E-state index is 13.6. The monoisotopic (exact) mass is 607 g/mol. The minimum Gasteiger partial charge on any atom is -0.423 e. The maximum Gasteiger partial charge on any atom is 0.297 e. The van der Waals surface area contributed by atoms with E-state index in [0.29, 0.717) is 12.6 Å². The van der Waals surface area contributed by atoms with Gasteiger partial charge < -0.3 is 28.5 Å². The topological polar surface area (TPSA) is 77.5 Å². The highest BCUT2D eigenvalue weighted by Gasteiger charge is 2.53. The molecule has 5 heterocycles. The first-order chi connectivity index (χ1) is 22.5. The number of anilines is 1. The normalized spacial score (nSPS) is 23.5. The Morgan fingerprint density at radius 2 is 1.67 bits per heavy atom. The predicted octanol–water partition coefficient (Wildman–Crippen LogP) is 7.38. The van der Waals surface area contributed by atoms with Crippen LogP contribution in [0.2, 0.25) is 0 Å². The molecule has 0 spiro atoms. The molecule has 0 unspecified atom stereocenters. The van der Waals surface area contributed by atoms with Crippen LogP contribution < -0.4 is 10.2 Å². The van der Waals surface area contributed by atoms with E-state index >= 15 is 0 Å². The third-order valence-electron chi connectivity index (χ3n) is 11.1. The van der Waals surface area contributed by atoms with Gasteiger partial charge in [-0.2, -0.15) is 0 Å². The van der Waals surface area contributed by atoms with Gasteiger partial charge in [0.1, 0.15) is 6.10 Å². The molecule has 4 aromatic carbocycles. The predicted molar refractivity (Wildman–Crippen MR) is 180 cm³/mol. The molecule has 7 aromatic rings. The smallest absolute Gasteiger partial charge is 0.297 e. The second-order valence-electron chi connectivity index (χ2n) is 13.4. The van der Waals surface area contributed by atoms with Crippen molar-refractivity contribution in [3.8, 4) is 11.3 Å². The zero-order chi connectivity index (χ0) is 30.9. The number of methoxy groups -OCH3 is 1. The summed E-state index contributed by atoms with van der Waals surface area (Å²) >= 11 is 0. The Morgan fingerprint density at radius 1 is 0.957 bits per heavy atom. The molecule has 8 nitrogen and oxygen atoms in total. The third kappa shape index (κ3) is 3.12. The molecule has 8 heteroatoms. The first kappa shape index (κ1) is 26.2. The van der Waals surface area contributed by atoms with Crippen LogP contribution in [0.5, 0.6) is 0 Å². The lowest BCUT2D eigenvalue weighted by molar-refractivity contribution is -0.0469. The third-order valence-corrected chi connectivity index (χ3v) is 11.1. The Hall–Kier alpha value is -5.08. The summed E-state index contributed by atoms with van der Waals surface area (Å²) in [7, 11) is 3.92. The van der Waals surface area contributed by atoms with Gasteiger partial charge in [-0.3, -0.25) is 4.79 Å². The van der Waals surface area contributed by atoms with Gasteiger partial charge >= 0.3 is 0 Å². The lowest BCUT2D eigenvalue weighted by Crippen LogP contribution is -2.59. The second-order valence-corrected chi connectivity index (χ2v) is 13.4. The summed E-state index contributed by atoms with van der Waals surface area (Å²) in [6.07, 6.45) is 3.34. The number of likely N-dealkylation sites (N-methyl/N-ethyl adjacent to an activating group) is 1. The molecule has 0 saturated heterocycles. The van der Waals surface area contributed by atoms with Crippen molar-refractivity contribution in [2.45, 2.75) is 50.0 Å². The number of para-hydroxylation sites is 2. The molecular formula is C38H33N5O3. The average molecular weight is 608 g/mol. The summed E-state index contributed by atoms with van der Waals surface area (Å²) in [5.74, 6) is 0.757. The van der Waals surface area contributed by atoms with E-state index in [9.17, 15) is 4.79 Å². The molecule has 4 atom stereocenters. The van der Waals surface area contributed by atoms with Crippen LogP contribution in [-0.4, -0.2) is 46.3 Å². The Morgan fingerprint density at radius 3 is 2.46 bits per heavy atom. The summed E-state index contributed by atoms with van der Waals surface area (Å²) in [6, 6.07) is 28.1. The molecule has 2 aliphatic heterocycles. The number of carbonyl (C=O) groups excluding carboxylic acids is 1. The molecule has 0 radical (unpaired) electrons. The van der Waals surface area contributed by atoms with E-state index in [0.717, 1.165) is 57.1 Å². The number of amides is 1. The van der Waals surface area contributed by atoms with Crippen LogP contribution >= 0.6 is 0 Å². The van der Waals surface area contributed by atoms with E-state index in [4.69, 9.17) is 14.1 Å². The van der Waals surface area contributed by atoms with Crippen LogP contribution in [0.3, 0.4) is 0 Å². The fourth-order valence-electron chi connectivity index (χ4n) is 9.38. The molecule has 1 saturated carbocycles. The molecule has 1 fully saturated rings. The Kier molecular flexibility index (Phi) is 5.13. The van der Waals surface area contributed by atoms with E-state index in [1.165, 1.54) is 21.8 Å². The molecule has 3 aliphatic rings. The highest BCUT2D eigenvalue weighted by Crippen LogP contribution is 2.55. The van der Waals surface area contributed by atoms with E-state index in [1.54, 1.807) is 0 Å². The minimum atomic E-state index is -0.426. The summed E-state index contributed by atoms with van der Waals surface area (Å²) in [4.78, 5) is 20.6. The second kappa shape index (κ2) is 9.01. The maximum atomic E-state index is 13.6. The summed E-state index contributed by atoms with van der Waals surface area (Å²) in [6.45, 7) is 2.89. The SMILES string of the molecule is CO[C@@H]1[C@H](N(C)c2ncc(-c3ccccc3)o2)C[C@H]2C[C@]1(C)n1c3ccccc3c3c4c(c5c6ccccc6n2c5c31)C(=O)NC4. The molecule has 2 bridgehead atoms. The van der Waals surface area contributed by atoms with Crippen LogP contribution in [0.25, 0.3) is 54.9 Å². The van der Waals surface area contributed by atoms with Crippen LogP contribution in [0, 0.1) is 0 Å². The molecule has 46 heavy (non-hydrogen) atoms. The molecular weight excluding hydrogens is 574 g/mol. The molecule has 10 rings (SSSR count). The fourth-order valence-corrected chi connectivity index (χ4v) is 9.38. The Labute approximate surface area is 265 Å². The standard InChI is InChI=1S/C38H33N5O3/c1-38-18-22(17-28(35(38)45-3)41(2)37-40-20-29(46-37)21-11-5-4-6-12-21)42-26-15-9-7-13-23(26)31-32-25(19-39-36(32)44)30-24-14-8-10-16-27(24)43(38)34(30)33(31)42/h4-16,20,22,28,35H,17-19H2,1-3H3,(H,39,44)/t22-,28+,35+,38-/m0/s1. The molecule has 3 aromatic heterocycles. The van der Waals surface area contributed by atoms with Gasteiger partial charge in [-0.1, -0.05) is 66.7 Å². The lowest BCUT2D eigenvalue weighted by Gasteiger charge is -2.50. The number of carbonyl (C=O) groups is 1. The zero-order valence-electron chi connectivity index (χ0n) is 25.9. The van der Waals surface area contributed by atoms with Crippen LogP contribution in [0.15, 0.2) is 89.5 Å². The van der Waals surface area contributed by atoms with E-state index < -0.39 is 5.54 Å². The minimum absolute atomic E-state index is 0.0144. The summed E-state index contributed by atoms with van der Waals surface area (Å²) < 4.78 is 18.1. The number of nitrogens with zero attached hydrogens (tertiary/aromatic N) is 4. The molecule has 228 valence electrons. The van der Waals surface area contributed by atoms with E-state index in [1.807, 2.05) is 43.6 Å². The number of benzene rings is 4. The van der Waals surface area contributed by atoms with Gasteiger partial charge in [-0.25, -0.2) is 4.98 Å². The van der Waals surface area contributed by atoms with Crippen molar-refractivity contribution in [2.75, 3.05) is 19.1 Å². The lowest BCUT2D eigenvalue weighted by atomic mass is 9.74. The number of aromatic nitrogens is 3. The Balaban J connectivity index is 1.28. The van der Waals surface area contributed by atoms with Crippen LogP contribution in [0.1, 0.15) is 41.7 Å². The summed E-state index contributed by atoms with van der Waals surface area (Å²) in [5.41, 5.74) is 7.17. The quantitative estimate of drug-likeness (QED) is 0.226. The van der Waals surface area contributed by atoms with Crippen LogP contribution in [0.4, 0.5) is 6.01 Å². The van der Waals surface area contributed by atoms with Gasteiger partial charge in [0.25, 0.3) is 11.9 Å². The molecule has 1 amide bonds. The van der Waals surface area contributed by atoms with Crippen molar-refractivity contribution >= 4 is 55.5 Å². The van der Waals surface area contributed by atoms with Crippen LogP contribution in [-0.2, 0) is 16.8 Å². The van der Waals surface area contributed by atoms with Crippen molar-refractivity contribution in [3.63, 3.8) is 0 Å². The first-order valence-electron chi connectivity index (χ1n) is 16.1. The van der Waals surface area contributed by atoms with E-state index in [-0.39, 0.29) is 24.1 Å². The van der Waals surface area contributed by atoms with Gasteiger partial charge in [0.2, 0.25) is 0 Å². The number of ether oxygens (including phenoxy) is 1. The van der Waals surface area contributed by atoms with Gasteiger partial charge in [-0.05, 0) is 37.5 Å². The number of rotatable bonds is 4. The number of hydrogen-bond donors (Lipinski definition) is 1. The summed E-state index contributed by atoms with van der Waals surface area (Å²) in [5, 5.41) is 7.73. The fraction of sp³-hybridized carbons (Fsp3) is 0.263. The molecule has 1 N–H and O–H groups in total. The molecule has 1 aliphatic carbocycles. The highest BCUT2D eigenvalue weighted by atomic mass is 16.5. The van der Waals surface area contributed by atoms with E-state index in [2.05, 4.69) is 81.9 Å². The highest BCUT2D eigenvalue weighted by molar-refractivity contribution is 6.31. The first-order valence-corrected chi connectivity index (χ1v) is 16.1. The van der Waals surface area contributed by atoms with Crippen molar-refractivity contribution < 1.29 is 13.9 Å². The van der Waals surface area contributed by atoms with Crippen molar-refractivity contribution in [2.24, 2.45) is 0 Å². The van der Waals surface area contributed by atoms with Gasteiger partial charge in [0, 0.05) is 64.9 Å². The van der Waals surface area contributed by atoms with Gasteiger partial charge in [0.05, 0.1) is 34.4 Å². The number of hydrogen-bond acceptors (Lipinski definition) is 5. The van der Waals surface area contributed by atoms with Crippen molar-refractivity contribution in [3.05, 3.63) is 96.2 Å². The average Bonchev–Trinajstić information content (AvgIpc) is 3.85. The van der Waals surface area contributed by atoms with Crippen molar-refractivity contribution in [1.29, 1.82) is 0 Å². The Bertz CT molecular complexity index is 2400.